The third kappa shape index (κ3) is 2.45. The molecule has 0 spiro atoms. The van der Waals surface area contributed by atoms with Crippen molar-refractivity contribution in [3.05, 3.63) is 52.8 Å². The number of nitrogens with zero attached hydrogens (tertiary/aromatic N) is 3. The fraction of sp³-hybridized carbons (Fsp3) is 0.176. The molecule has 1 N–H and O–H groups in total. The molecule has 0 unspecified atom stereocenters. The molecule has 110 valence electrons. The van der Waals surface area contributed by atoms with Gasteiger partial charge in [-0.3, -0.25) is 0 Å². The van der Waals surface area contributed by atoms with Crippen LogP contribution in [0.5, 0.6) is 0 Å². The van der Waals surface area contributed by atoms with E-state index in [4.69, 9.17) is 18.0 Å². The highest BCUT2D eigenvalue weighted by Gasteiger charge is 2.23. The average Bonchev–Trinajstić information content (AvgIpc) is 2.88. The van der Waals surface area contributed by atoms with Crippen molar-refractivity contribution in [1.29, 1.82) is 0 Å². The lowest BCUT2D eigenvalue weighted by molar-refractivity contribution is 0.0714. The molecule has 4 nitrogen and oxygen atoms in total. The van der Waals surface area contributed by atoms with E-state index in [1.54, 1.807) is 36.7 Å². The van der Waals surface area contributed by atoms with E-state index in [-0.39, 0.29) is 0 Å². The standard InChI is InChI=1S/C17H14ClN3O/c1-4-11-10-19-21-15(17(2,3)22)9-14(20-16(11)21)12-5-7-13(18)8-6-12/h1,5-10,22H,2-3H3. The second-order valence-corrected chi connectivity index (χ2v) is 5.97. The Labute approximate surface area is 133 Å². The van der Waals surface area contributed by atoms with Crippen LogP contribution in [0.25, 0.3) is 16.9 Å². The first-order valence-corrected chi connectivity index (χ1v) is 7.12. The van der Waals surface area contributed by atoms with Crippen molar-refractivity contribution in [2.75, 3.05) is 0 Å². The topological polar surface area (TPSA) is 50.4 Å². The summed E-state index contributed by atoms with van der Waals surface area (Å²) in [5, 5.41) is 15.3. The van der Waals surface area contributed by atoms with Crippen LogP contribution in [0.2, 0.25) is 5.02 Å². The second kappa shape index (κ2) is 5.13. The zero-order valence-electron chi connectivity index (χ0n) is 12.2. The van der Waals surface area contributed by atoms with Gasteiger partial charge in [0, 0.05) is 10.6 Å². The normalized spacial score (nSPS) is 11.6. The maximum Gasteiger partial charge on any atom is 0.171 e. The first kappa shape index (κ1) is 14.6. The van der Waals surface area contributed by atoms with E-state index in [1.807, 2.05) is 18.2 Å². The molecule has 0 fully saturated rings. The molecular formula is C17H14ClN3O. The first-order valence-electron chi connectivity index (χ1n) is 6.74. The molecule has 0 atom stereocenters. The van der Waals surface area contributed by atoms with Crippen molar-refractivity contribution < 1.29 is 5.11 Å². The highest BCUT2D eigenvalue weighted by Crippen LogP contribution is 2.27. The minimum absolute atomic E-state index is 0.548. The van der Waals surface area contributed by atoms with Gasteiger partial charge in [-0.05, 0) is 32.0 Å². The molecule has 2 heterocycles. The Balaban J connectivity index is 2.32. The fourth-order valence-corrected chi connectivity index (χ4v) is 2.39. The highest BCUT2D eigenvalue weighted by atomic mass is 35.5. The number of aliphatic hydroxyl groups is 1. The van der Waals surface area contributed by atoms with E-state index in [0.717, 1.165) is 5.56 Å². The van der Waals surface area contributed by atoms with Gasteiger partial charge in [-0.25, -0.2) is 9.50 Å². The van der Waals surface area contributed by atoms with Gasteiger partial charge < -0.3 is 5.11 Å². The molecule has 22 heavy (non-hydrogen) atoms. The van der Waals surface area contributed by atoms with Gasteiger partial charge in [0.15, 0.2) is 5.65 Å². The maximum absolute atomic E-state index is 10.4. The van der Waals surface area contributed by atoms with E-state index in [9.17, 15) is 5.11 Å². The summed E-state index contributed by atoms with van der Waals surface area (Å²) in [7, 11) is 0. The van der Waals surface area contributed by atoms with Crippen LogP contribution in [-0.2, 0) is 5.60 Å². The zero-order valence-corrected chi connectivity index (χ0v) is 13.0. The minimum Gasteiger partial charge on any atom is -0.384 e. The Bertz CT molecular complexity index is 883. The van der Waals surface area contributed by atoms with Crippen molar-refractivity contribution >= 4 is 17.2 Å². The number of fused-ring (bicyclic) bond motifs is 1. The van der Waals surface area contributed by atoms with Gasteiger partial charge in [-0.1, -0.05) is 29.7 Å². The first-order chi connectivity index (χ1) is 10.4. The second-order valence-electron chi connectivity index (χ2n) is 5.53. The summed E-state index contributed by atoms with van der Waals surface area (Å²) in [6.07, 6.45) is 7.08. The lowest BCUT2D eigenvalue weighted by atomic mass is 10.0. The predicted molar refractivity (Wildman–Crippen MR) is 86.6 cm³/mol. The van der Waals surface area contributed by atoms with E-state index in [0.29, 0.717) is 27.6 Å². The Hall–Kier alpha value is -2.35. The summed E-state index contributed by atoms with van der Waals surface area (Å²) in [4.78, 5) is 4.58. The van der Waals surface area contributed by atoms with E-state index in [1.165, 1.54) is 0 Å². The van der Waals surface area contributed by atoms with Crippen molar-refractivity contribution in [1.82, 2.24) is 14.6 Å². The monoisotopic (exact) mass is 311 g/mol. The van der Waals surface area contributed by atoms with Crippen LogP contribution in [0.1, 0.15) is 25.1 Å². The van der Waals surface area contributed by atoms with Crippen LogP contribution >= 0.6 is 11.6 Å². The fourth-order valence-electron chi connectivity index (χ4n) is 2.27. The van der Waals surface area contributed by atoms with Crippen LogP contribution in [0.3, 0.4) is 0 Å². The molecule has 0 radical (unpaired) electrons. The van der Waals surface area contributed by atoms with Gasteiger partial charge in [-0.15, -0.1) is 6.42 Å². The van der Waals surface area contributed by atoms with Crippen molar-refractivity contribution in [2.45, 2.75) is 19.4 Å². The lowest BCUT2D eigenvalue weighted by Gasteiger charge is -2.19. The number of benzene rings is 1. The van der Waals surface area contributed by atoms with Gasteiger partial charge in [0.05, 0.1) is 23.1 Å². The molecule has 1 aromatic carbocycles. The molecule has 3 rings (SSSR count). The molecule has 0 aliphatic carbocycles. The molecule has 0 saturated heterocycles. The Morgan fingerprint density at radius 3 is 2.55 bits per heavy atom. The van der Waals surface area contributed by atoms with Crippen LogP contribution in [0.15, 0.2) is 36.5 Å². The maximum atomic E-state index is 10.4. The summed E-state index contributed by atoms with van der Waals surface area (Å²) >= 11 is 5.93. The predicted octanol–water partition coefficient (Wildman–Crippen LogP) is 3.26. The summed E-state index contributed by atoms with van der Waals surface area (Å²) in [6, 6.07) is 9.15. The van der Waals surface area contributed by atoms with Gasteiger partial charge in [0.25, 0.3) is 0 Å². The Morgan fingerprint density at radius 2 is 1.95 bits per heavy atom. The molecule has 3 aromatic rings. The number of terminal acetylenes is 1. The smallest absolute Gasteiger partial charge is 0.171 e. The molecule has 0 saturated carbocycles. The summed E-state index contributed by atoms with van der Waals surface area (Å²) in [5.74, 6) is 2.57. The van der Waals surface area contributed by atoms with E-state index < -0.39 is 5.60 Å². The summed E-state index contributed by atoms with van der Waals surface area (Å²) in [6.45, 7) is 3.40. The summed E-state index contributed by atoms with van der Waals surface area (Å²) < 4.78 is 1.58. The molecule has 0 bridgehead atoms. The average molecular weight is 312 g/mol. The number of rotatable bonds is 2. The van der Waals surface area contributed by atoms with Gasteiger partial charge in [-0.2, -0.15) is 5.10 Å². The number of halogens is 1. The number of hydrogen-bond acceptors (Lipinski definition) is 3. The SMILES string of the molecule is C#Cc1cnn2c(C(C)(C)O)cc(-c3ccc(Cl)cc3)nc12. The highest BCUT2D eigenvalue weighted by molar-refractivity contribution is 6.30. The third-order valence-electron chi connectivity index (χ3n) is 3.39. The molecule has 0 aliphatic heterocycles. The Kier molecular flexibility index (Phi) is 3.40. The third-order valence-corrected chi connectivity index (χ3v) is 3.65. The molecular weight excluding hydrogens is 298 g/mol. The van der Waals surface area contributed by atoms with Crippen molar-refractivity contribution in [3.8, 4) is 23.6 Å². The molecule has 0 aliphatic rings. The summed E-state index contributed by atoms with van der Waals surface area (Å²) in [5.41, 5.74) is 2.26. The zero-order chi connectivity index (χ0) is 15.9. The lowest BCUT2D eigenvalue weighted by Crippen LogP contribution is -2.21. The number of hydrogen-bond donors (Lipinski definition) is 1. The van der Waals surface area contributed by atoms with Gasteiger partial charge in [0.2, 0.25) is 0 Å². The number of aromatic nitrogens is 3. The van der Waals surface area contributed by atoms with Gasteiger partial charge in [0.1, 0.15) is 5.60 Å². The molecule has 2 aromatic heterocycles. The van der Waals surface area contributed by atoms with E-state index >= 15 is 0 Å². The van der Waals surface area contributed by atoms with Crippen LogP contribution < -0.4 is 0 Å². The molecule has 5 heteroatoms. The largest absolute Gasteiger partial charge is 0.384 e. The minimum atomic E-state index is -1.08. The quantitative estimate of drug-likeness (QED) is 0.739. The van der Waals surface area contributed by atoms with Crippen molar-refractivity contribution in [2.24, 2.45) is 0 Å². The van der Waals surface area contributed by atoms with Gasteiger partial charge >= 0.3 is 0 Å². The van der Waals surface area contributed by atoms with Crippen LogP contribution in [0.4, 0.5) is 0 Å². The van der Waals surface area contributed by atoms with Crippen molar-refractivity contribution in [3.63, 3.8) is 0 Å². The Morgan fingerprint density at radius 1 is 1.27 bits per heavy atom. The van der Waals surface area contributed by atoms with E-state index in [2.05, 4.69) is 16.0 Å². The van der Waals surface area contributed by atoms with Crippen LogP contribution in [-0.4, -0.2) is 19.7 Å². The van der Waals surface area contributed by atoms with Crippen LogP contribution in [0, 0.1) is 12.3 Å². The molecule has 0 amide bonds.